The molecule has 0 spiro atoms. The zero-order valence-electron chi connectivity index (χ0n) is 26.4. The Morgan fingerprint density at radius 3 is 2.20 bits per heavy atom. The lowest BCUT2D eigenvalue weighted by molar-refractivity contribution is -0.385. The van der Waals surface area contributed by atoms with Gasteiger partial charge in [-0.3, -0.25) is 29.8 Å². The molecule has 49 heavy (non-hydrogen) atoms. The minimum Gasteiger partial charge on any atom is -0.497 e. The lowest BCUT2D eigenvalue weighted by Crippen LogP contribution is -2.40. The summed E-state index contributed by atoms with van der Waals surface area (Å²) in [4.78, 5) is 49.2. The lowest BCUT2D eigenvalue weighted by Gasteiger charge is -2.22. The van der Waals surface area contributed by atoms with Gasteiger partial charge in [-0.25, -0.2) is 4.68 Å². The van der Waals surface area contributed by atoms with Crippen LogP contribution >= 0.6 is 11.8 Å². The number of ketones is 1. The molecule has 0 radical (unpaired) electrons. The van der Waals surface area contributed by atoms with E-state index in [2.05, 4.69) is 20.8 Å². The van der Waals surface area contributed by atoms with Gasteiger partial charge in [-0.05, 0) is 60.2 Å². The number of nitro groups is 2. The minimum absolute atomic E-state index is 0.0455. The molecule has 0 fully saturated rings. The van der Waals surface area contributed by atoms with Crippen LogP contribution in [0, 0.1) is 27.2 Å². The number of hydrogen-bond acceptors (Lipinski definition) is 12. The van der Waals surface area contributed by atoms with Gasteiger partial charge >= 0.3 is 0 Å². The summed E-state index contributed by atoms with van der Waals surface area (Å²) in [7, 11) is 1.57. The number of non-ortho nitro benzene ring substituents is 2. The van der Waals surface area contributed by atoms with Crippen LogP contribution in [0.25, 0.3) is 0 Å². The van der Waals surface area contributed by atoms with Gasteiger partial charge in [-0.15, -0.1) is 5.10 Å². The van der Waals surface area contributed by atoms with Gasteiger partial charge in [0.1, 0.15) is 11.5 Å². The molecule has 0 aliphatic carbocycles. The molecule has 0 saturated heterocycles. The molecule has 5 aromatic rings. The van der Waals surface area contributed by atoms with Crippen LogP contribution in [0.1, 0.15) is 39.2 Å². The third-order valence-corrected chi connectivity index (χ3v) is 8.43. The molecule has 0 aliphatic rings. The van der Waals surface area contributed by atoms with Crippen LogP contribution in [0.5, 0.6) is 11.5 Å². The molecule has 1 aromatic heterocycles. The number of rotatable bonds is 14. The van der Waals surface area contributed by atoms with E-state index in [1.807, 2.05) is 31.2 Å². The fourth-order valence-electron chi connectivity index (χ4n) is 4.68. The maximum atomic E-state index is 13.8. The average Bonchev–Trinajstić information content (AvgIpc) is 3.53. The third-order valence-electron chi connectivity index (χ3n) is 7.32. The Labute approximate surface area is 283 Å². The Bertz CT molecular complexity index is 1980. The molecule has 250 valence electrons. The first kappa shape index (κ1) is 34.2. The first-order chi connectivity index (χ1) is 23.5. The molecule has 0 bridgehead atoms. The van der Waals surface area contributed by atoms with E-state index in [9.17, 15) is 29.8 Å². The highest BCUT2D eigenvalue weighted by molar-refractivity contribution is 7.99. The SMILES string of the molecule is COc1ccc(Cn2nnnc2SC(C)c2cc([N+](=O)[O-])ccc2OC(C(=O)Nc2ccc([N+](=O)[O-])cc2)C(=O)c2ccc(C)cc2)cc1. The van der Waals surface area contributed by atoms with Crippen molar-refractivity contribution in [2.24, 2.45) is 0 Å². The van der Waals surface area contributed by atoms with Gasteiger partial charge in [0.2, 0.25) is 17.0 Å². The van der Waals surface area contributed by atoms with E-state index in [-0.39, 0.29) is 28.4 Å². The first-order valence-electron chi connectivity index (χ1n) is 14.7. The molecule has 2 atom stereocenters. The van der Waals surface area contributed by atoms with Gasteiger partial charge < -0.3 is 14.8 Å². The number of methoxy groups -OCH3 is 1. The maximum absolute atomic E-state index is 13.8. The number of aromatic nitrogens is 4. The number of carbonyl (C=O) groups is 2. The number of amides is 1. The number of Topliss-reactive ketones (excluding diaryl/α,β-unsaturated/α-hetero) is 1. The number of carbonyl (C=O) groups excluding carboxylic acids is 2. The Hall–Kier alpha value is -6.16. The van der Waals surface area contributed by atoms with Gasteiger partial charge in [-0.2, -0.15) is 0 Å². The van der Waals surface area contributed by atoms with Crippen molar-refractivity contribution in [2.45, 2.75) is 36.9 Å². The normalized spacial score (nSPS) is 12.1. The summed E-state index contributed by atoms with van der Waals surface area (Å²) in [6.07, 6.45) is -1.74. The van der Waals surface area contributed by atoms with Gasteiger partial charge in [0.05, 0.1) is 23.5 Å². The van der Waals surface area contributed by atoms with Crippen molar-refractivity contribution in [1.29, 1.82) is 0 Å². The Morgan fingerprint density at radius 2 is 1.57 bits per heavy atom. The molecule has 1 N–H and O–H groups in total. The maximum Gasteiger partial charge on any atom is 0.273 e. The van der Waals surface area contributed by atoms with Gasteiger partial charge in [-0.1, -0.05) is 53.7 Å². The number of ether oxygens (including phenoxy) is 2. The summed E-state index contributed by atoms with van der Waals surface area (Å²) in [6.45, 7) is 3.94. The van der Waals surface area contributed by atoms with Crippen LogP contribution in [-0.4, -0.2) is 55.0 Å². The molecule has 15 nitrogen and oxygen atoms in total. The number of aryl methyl sites for hydroxylation is 1. The minimum atomic E-state index is -1.74. The molecular weight excluding hydrogens is 654 g/mol. The number of nitro benzene ring substituents is 2. The molecule has 1 heterocycles. The highest BCUT2D eigenvalue weighted by Crippen LogP contribution is 2.40. The van der Waals surface area contributed by atoms with E-state index >= 15 is 0 Å². The summed E-state index contributed by atoms with van der Waals surface area (Å²) in [5, 5.41) is 37.3. The third kappa shape index (κ3) is 8.41. The van der Waals surface area contributed by atoms with E-state index in [1.165, 1.54) is 54.2 Å². The van der Waals surface area contributed by atoms with Gasteiger partial charge in [0.15, 0.2) is 0 Å². The molecule has 5 rings (SSSR count). The standard InChI is InChI=1S/C33H29N7O8S/c1-20-4-8-23(9-5-20)30(41)31(32(42)34-24-10-12-25(13-11-24)39(43)44)48-29-17-14-26(40(45)46)18-28(29)21(2)49-33-35-36-37-38(33)19-22-6-15-27(47-3)16-7-22/h4-18,21,31H,19H2,1-3H3,(H,34,42). The fourth-order valence-corrected chi connectivity index (χ4v) is 5.61. The summed E-state index contributed by atoms with van der Waals surface area (Å²) >= 11 is 1.20. The van der Waals surface area contributed by atoms with E-state index < -0.39 is 32.9 Å². The van der Waals surface area contributed by atoms with Crippen molar-refractivity contribution < 1.29 is 28.9 Å². The van der Waals surface area contributed by atoms with Crippen LogP contribution in [0.3, 0.4) is 0 Å². The molecule has 16 heteroatoms. The van der Waals surface area contributed by atoms with Crippen LogP contribution in [0.2, 0.25) is 0 Å². The quantitative estimate of drug-likeness (QED) is 0.0474. The van der Waals surface area contributed by atoms with Gasteiger partial charge in [0, 0.05) is 46.3 Å². The molecule has 1 amide bonds. The topological polar surface area (TPSA) is 195 Å². The van der Waals surface area contributed by atoms with Crippen molar-refractivity contribution in [2.75, 3.05) is 12.4 Å². The predicted octanol–water partition coefficient (Wildman–Crippen LogP) is 5.98. The molecule has 0 saturated carbocycles. The number of hydrogen-bond donors (Lipinski definition) is 1. The van der Waals surface area contributed by atoms with Crippen LogP contribution in [-0.2, 0) is 11.3 Å². The zero-order chi connectivity index (χ0) is 35.1. The second kappa shape index (κ2) is 15.2. The zero-order valence-corrected chi connectivity index (χ0v) is 27.2. The second-order valence-electron chi connectivity index (χ2n) is 10.7. The second-order valence-corrected chi connectivity index (χ2v) is 12.0. The monoisotopic (exact) mass is 683 g/mol. The van der Waals surface area contributed by atoms with Crippen LogP contribution in [0.4, 0.5) is 17.1 Å². The van der Waals surface area contributed by atoms with Crippen molar-refractivity contribution in [1.82, 2.24) is 20.2 Å². The fraction of sp³-hybridized carbons (Fsp3) is 0.182. The number of nitrogens with one attached hydrogen (secondary N) is 1. The van der Waals surface area contributed by atoms with Crippen molar-refractivity contribution in [3.05, 3.63) is 133 Å². The lowest BCUT2D eigenvalue weighted by atomic mass is 10.0. The number of benzene rings is 4. The highest BCUT2D eigenvalue weighted by Gasteiger charge is 2.32. The van der Waals surface area contributed by atoms with Crippen molar-refractivity contribution in [3.63, 3.8) is 0 Å². The summed E-state index contributed by atoms with van der Waals surface area (Å²) in [6, 6.07) is 22.9. The summed E-state index contributed by atoms with van der Waals surface area (Å²) in [5.41, 5.74) is 2.07. The molecular formula is C33H29N7O8S. The van der Waals surface area contributed by atoms with Crippen LogP contribution in [0.15, 0.2) is 96.2 Å². The predicted molar refractivity (Wildman–Crippen MR) is 179 cm³/mol. The number of anilines is 1. The summed E-state index contributed by atoms with van der Waals surface area (Å²) < 4.78 is 12.9. The number of nitrogens with zero attached hydrogens (tertiary/aromatic N) is 6. The Morgan fingerprint density at radius 1 is 0.918 bits per heavy atom. The van der Waals surface area contributed by atoms with E-state index in [0.717, 1.165) is 11.1 Å². The van der Waals surface area contributed by atoms with Gasteiger partial charge in [0.25, 0.3) is 17.3 Å². The van der Waals surface area contributed by atoms with Crippen molar-refractivity contribution in [3.8, 4) is 11.5 Å². The molecule has 2 unspecified atom stereocenters. The van der Waals surface area contributed by atoms with E-state index in [0.29, 0.717) is 23.0 Å². The van der Waals surface area contributed by atoms with Crippen molar-refractivity contribution >= 4 is 40.5 Å². The molecule has 0 aliphatic heterocycles. The first-order valence-corrected chi connectivity index (χ1v) is 15.6. The number of tetrazole rings is 1. The summed E-state index contributed by atoms with van der Waals surface area (Å²) in [5.74, 6) is -0.786. The molecule has 4 aromatic carbocycles. The van der Waals surface area contributed by atoms with E-state index in [4.69, 9.17) is 9.47 Å². The Kier molecular flexibility index (Phi) is 10.6. The largest absolute Gasteiger partial charge is 0.497 e. The van der Waals surface area contributed by atoms with E-state index in [1.54, 1.807) is 43.0 Å². The number of thioether (sulfide) groups is 1. The average molecular weight is 684 g/mol. The van der Waals surface area contributed by atoms with Crippen LogP contribution < -0.4 is 14.8 Å². The Balaban J connectivity index is 1.45. The smallest absolute Gasteiger partial charge is 0.273 e. The highest BCUT2D eigenvalue weighted by atomic mass is 32.2.